The number of rotatable bonds is 10. The van der Waals surface area contributed by atoms with E-state index in [1.54, 1.807) is 0 Å². The van der Waals surface area contributed by atoms with Crippen molar-refractivity contribution in [3.8, 4) is 0 Å². The first-order valence-corrected chi connectivity index (χ1v) is 16.1. The summed E-state index contributed by atoms with van der Waals surface area (Å²) in [4.78, 5) is 0. The van der Waals surface area contributed by atoms with Gasteiger partial charge in [-0.1, -0.05) is 13.8 Å². The molecule has 0 aromatic rings. The first kappa shape index (κ1) is 30.8. The Morgan fingerprint density at radius 1 is 0.737 bits per heavy atom. The van der Waals surface area contributed by atoms with Gasteiger partial charge in [0.05, 0.1) is 48.3 Å². The SMILES string of the molecule is CC(C)OC[C@@H](C)C1CCC2C3C(OC(C)C)CC4CC(OC(C)C)CCC4(O)C3CC(OC(C)C)C21C. The van der Waals surface area contributed by atoms with Crippen LogP contribution in [0.15, 0.2) is 0 Å². The average molecular weight is 537 g/mol. The third kappa shape index (κ3) is 5.89. The summed E-state index contributed by atoms with van der Waals surface area (Å²) in [5.41, 5.74) is -0.590. The van der Waals surface area contributed by atoms with Crippen molar-refractivity contribution < 1.29 is 24.1 Å². The summed E-state index contributed by atoms with van der Waals surface area (Å²) in [6.07, 6.45) is 8.44. The van der Waals surface area contributed by atoms with Gasteiger partial charge in [0.1, 0.15) is 0 Å². The van der Waals surface area contributed by atoms with Gasteiger partial charge in [0.25, 0.3) is 0 Å². The third-order valence-electron chi connectivity index (χ3n) is 10.9. The Balaban J connectivity index is 1.69. The van der Waals surface area contributed by atoms with E-state index in [1.807, 2.05) is 0 Å². The van der Waals surface area contributed by atoms with Gasteiger partial charge in [-0.25, -0.2) is 0 Å². The van der Waals surface area contributed by atoms with Crippen LogP contribution in [0.4, 0.5) is 0 Å². The number of hydrogen-bond donors (Lipinski definition) is 1. The Kier molecular flexibility index (Phi) is 9.68. The second-order valence-electron chi connectivity index (χ2n) is 14.8. The summed E-state index contributed by atoms with van der Waals surface area (Å²) < 4.78 is 26.1. The molecule has 0 heterocycles. The van der Waals surface area contributed by atoms with E-state index < -0.39 is 5.60 Å². The monoisotopic (exact) mass is 536 g/mol. The lowest BCUT2D eigenvalue weighted by Gasteiger charge is -2.64. The number of fused-ring (bicyclic) bond motifs is 5. The van der Waals surface area contributed by atoms with Crippen LogP contribution in [0.2, 0.25) is 0 Å². The molecule has 0 radical (unpaired) electrons. The molecule has 0 bridgehead atoms. The van der Waals surface area contributed by atoms with Gasteiger partial charge in [-0.05, 0) is 136 Å². The zero-order valence-corrected chi connectivity index (χ0v) is 26.2. The van der Waals surface area contributed by atoms with E-state index in [9.17, 15) is 5.11 Å². The molecule has 10 unspecified atom stereocenters. The molecule has 222 valence electrons. The molecule has 5 nitrogen and oxygen atoms in total. The van der Waals surface area contributed by atoms with Gasteiger partial charge in [0.2, 0.25) is 0 Å². The first-order chi connectivity index (χ1) is 17.8. The zero-order chi connectivity index (χ0) is 28.0. The predicted molar refractivity (Wildman–Crippen MR) is 153 cm³/mol. The minimum absolute atomic E-state index is 0.0605. The highest BCUT2D eigenvalue weighted by molar-refractivity contribution is 5.16. The Labute approximate surface area is 234 Å². The van der Waals surface area contributed by atoms with Crippen LogP contribution in [-0.4, -0.2) is 60.0 Å². The maximum Gasteiger partial charge on any atom is 0.0711 e. The fraction of sp³-hybridized carbons (Fsp3) is 1.00. The summed E-state index contributed by atoms with van der Waals surface area (Å²) >= 11 is 0. The van der Waals surface area contributed by atoms with Crippen molar-refractivity contribution in [2.24, 2.45) is 40.9 Å². The van der Waals surface area contributed by atoms with Crippen LogP contribution >= 0.6 is 0 Å². The Bertz CT molecular complexity index is 766. The molecule has 0 aliphatic heterocycles. The van der Waals surface area contributed by atoms with Crippen molar-refractivity contribution in [2.45, 2.75) is 163 Å². The van der Waals surface area contributed by atoms with Crippen molar-refractivity contribution >= 4 is 0 Å². The molecule has 38 heavy (non-hydrogen) atoms. The van der Waals surface area contributed by atoms with Gasteiger partial charge in [0, 0.05) is 12.0 Å². The van der Waals surface area contributed by atoms with Crippen molar-refractivity contribution in [2.75, 3.05) is 6.61 Å². The molecule has 0 saturated heterocycles. The number of ether oxygens (including phenoxy) is 4. The van der Waals surface area contributed by atoms with Gasteiger partial charge in [-0.2, -0.15) is 0 Å². The lowest BCUT2D eigenvalue weighted by molar-refractivity contribution is -0.263. The molecule has 4 saturated carbocycles. The Hall–Kier alpha value is -0.200. The van der Waals surface area contributed by atoms with Gasteiger partial charge < -0.3 is 24.1 Å². The van der Waals surface area contributed by atoms with Gasteiger partial charge in [0.15, 0.2) is 0 Å². The average Bonchev–Trinajstić information content (AvgIpc) is 3.16. The molecular formula is C33H60O5. The molecule has 4 rings (SSSR count). The number of hydrogen-bond acceptors (Lipinski definition) is 5. The fourth-order valence-corrected chi connectivity index (χ4v) is 9.67. The maximum atomic E-state index is 12.6. The molecule has 0 amide bonds. The molecule has 4 fully saturated rings. The molecule has 1 N–H and O–H groups in total. The second-order valence-corrected chi connectivity index (χ2v) is 14.8. The molecule has 0 aromatic heterocycles. The summed E-state index contributed by atoms with van der Waals surface area (Å²) in [6.45, 7) is 23.0. The van der Waals surface area contributed by atoms with E-state index in [4.69, 9.17) is 18.9 Å². The van der Waals surface area contributed by atoms with Gasteiger partial charge in [-0.15, -0.1) is 0 Å². The molecule has 5 heteroatoms. The molecule has 11 atom stereocenters. The Morgan fingerprint density at radius 2 is 1.39 bits per heavy atom. The minimum atomic E-state index is -0.650. The van der Waals surface area contributed by atoms with Crippen LogP contribution in [0.5, 0.6) is 0 Å². The van der Waals surface area contributed by atoms with Gasteiger partial charge in [-0.3, -0.25) is 0 Å². The highest BCUT2D eigenvalue weighted by atomic mass is 16.5. The molecule has 0 aromatic carbocycles. The zero-order valence-electron chi connectivity index (χ0n) is 26.2. The molecule has 0 spiro atoms. The summed E-state index contributed by atoms with van der Waals surface area (Å²) in [6, 6.07) is 0. The lowest BCUT2D eigenvalue weighted by Crippen LogP contribution is -2.67. The van der Waals surface area contributed by atoms with Crippen LogP contribution < -0.4 is 0 Å². The van der Waals surface area contributed by atoms with Crippen LogP contribution in [-0.2, 0) is 18.9 Å². The van der Waals surface area contributed by atoms with E-state index in [-0.39, 0.29) is 60.0 Å². The maximum absolute atomic E-state index is 12.6. The van der Waals surface area contributed by atoms with Crippen molar-refractivity contribution in [1.29, 1.82) is 0 Å². The van der Waals surface area contributed by atoms with E-state index in [1.165, 1.54) is 12.8 Å². The summed E-state index contributed by atoms with van der Waals surface area (Å²) in [7, 11) is 0. The third-order valence-corrected chi connectivity index (χ3v) is 10.9. The normalized spacial score (nSPS) is 44.0. The van der Waals surface area contributed by atoms with E-state index >= 15 is 0 Å². The Morgan fingerprint density at radius 3 is 2.00 bits per heavy atom. The fourth-order valence-electron chi connectivity index (χ4n) is 9.67. The van der Waals surface area contributed by atoms with E-state index in [0.29, 0.717) is 23.7 Å². The molecule has 4 aliphatic rings. The second kappa shape index (κ2) is 12.0. The topological polar surface area (TPSA) is 57.2 Å². The summed E-state index contributed by atoms with van der Waals surface area (Å²) in [5.74, 6) is 2.35. The number of aliphatic hydroxyl groups is 1. The van der Waals surface area contributed by atoms with Gasteiger partial charge >= 0.3 is 0 Å². The predicted octanol–water partition coefficient (Wildman–Crippen LogP) is 7.03. The quantitative estimate of drug-likeness (QED) is 0.325. The highest BCUT2D eigenvalue weighted by Gasteiger charge is 2.67. The standard InChI is InChI=1S/C33H60O5/c1-19(2)35-18-23(9)26-11-12-27-31-28(17-30(32(26,27)10)38-22(7)8)33(34)14-13-25(36-20(3)4)15-24(33)16-29(31)37-21(5)6/h19-31,34H,11-18H2,1-10H3/t23-,24?,25?,26?,27?,28?,29?,30?,31?,32?,33?/m1/s1. The summed E-state index contributed by atoms with van der Waals surface area (Å²) in [5, 5.41) is 12.6. The van der Waals surface area contributed by atoms with Crippen molar-refractivity contribution in [3.63, 3.8) is 0 Å². The van der Waals surface area contributed by atoms with Crippen LogP contribution in [0.1, 0.15) is 114 Å². The lowest BCUT2D eigenvalue weighted by atomic mass is 9.46. The first-order valence-electron chi connectivity index (χ1n) is 16.1. The highest BCUT2D eigenvalue weighted by Crippen LogP contribution is 2.67. The van der Waals surface area contributed by atoms with Crippen LogP contribution in [0.25, 0.3) is 0 Å². The van der Waals surface area contributed by atoms with E-state index in [0.717, 1.165) is 38.7 Å². The van der Waals surface area contributed by atoms with Crippen LogP contribution in [0.3, 0.4) is 0 Å². The van der Waals surface area contributed by atoms with Crippen molar-refractivity contribution in [1.82, 2.24) is 0 Å². The van der Waals surface area contributed by atoms with Crippen LogP contribution in [0, 0.1) is 40.9 Å². The smallest absolute Gasteiger partial charge is 0.0711 e. The molecule has 4 aliphatic carbocycles. The minimum Gasteiger partial charge on any atom is -0.389 e. The van der Waals surface area contributed by atoms with Crippen molar-refractivity contribution in [3.05, 3.63) is 0 Å². The molecular weight excluding hydrogens is 476 g/mol. The largest absolute Gasteiger partial charge is 0.389 e. The van der Waals surface area contributed by atoms with E-state index in [2.05, 4.69) is 69.2 Å².